The predicted octanol–water partition coefficient (Wildman–Crippen LogP) is 4.96. The van der Waals surface area contributed by atoms with E-state index in [-0.39, 0.29) is 18.4 Å². The number of rotatable bonds is 6. The Balaban J connectivity index is 1.47. The van der Waals surface area contributed by atoms with Crippen LogP contribution in [0.25, 0.3) is 10.6 Å². The van der Waals surface area contributed by atoms with E-state index in [1.807, 2.05) is 92.9 Å². The zero-order valence-corrected chi connectivity index (χ0v) is 20.9. The van der Waals surface area contributed by atoms with Crippen molar-refractivity contribution in [3.05, 3.63) is 100 Å². The lowest BCUT2D eigenvalue weighted by Gasteiger charge is -2.43. The molecule has 1 N–H and O–H groups in total. The van der Waals surface area contributed by atoms with Crippen LogP contribution in [0.1, 0.15) is 39.7 Å². The molecule has 0 saturated heterocycles. The number of hydrogen-bond acceptors (Lipinski definition) is 4. The van der Waals surface area contributed by atoms with E-state index in [0.717, 1.165) is 27.3 Å². The molecule has 5 rings (SSSR count). The molecule has 0 fully saturated rings. The van der Waals surface area contributed by atoms with E-state index in [2.05, 4.69) is 5.32 Å². The van der Waals surface area contributed by atoms with Gasteiger partial charge < -0.3 is 10.2 Å². The molecule has 4 aromatic rings. The van der Waals surface area contributed by atoms with Crippen LogP contribution in [-0.2, 0) is 24.4 Å². The zero-order valence-electron chi connectivity index (χ0n) is 20.1. The van der Waals surface area contributed by atoms with Gasteiger partial charge in [-0.1, -0.05) is 65.7 Å². The Kier molecular flexibility index (Phi) is 6.03. The average molecular weight is 485 g/mol. The van der Waals surface area contributed by atoms with Gasteiger partial charge in [0.05, 0.1) is 11.4 Å². The van der Waals surface area contributed by atoms with E-state index in [4.69, 9.17) is 5.10 Å². The Bertz CT molecular complexity index is 1360. The Morgan fingerprint density at radius 2 is 1.69 bits per heavy atom. The molecule has 0 saturated carbocycles. The van der Waals surface area contributed by atoms with Crippen LogP contribution >= 0.6 is 11.3 Å². The Labute approximate surface area is 209 Å². The molecule has 2 aromatic heterocycles. The lowest BCUT2D eigenvalue weighted by atomic mass is 9.94. The molecule has 6 nitrogen and oxygen atoms in total. The van der Waals surface area contributed by atoms with Crippen molar-refractivity contribution in [2.75, 3.05) is 0 Å². The van der Waals surface area contributed by atoms with Crippen molar-refractivity contribution < 1.29 is 9.59 Å². The van der Waals surface area contributed by atoms with Crippen LogP contribution in [0.3, 0.4) is 0 Å². The highest BCUT2D eigenvalue weighted by Crippen LogP contribution is 2.32. The number of nitrogens with zero attached hydrogens (tertiary/aromatic N) is 3. The van der Waals surface area contributed by atoms with Gasteiger partial charge in [0.25, 0.3) is 5.91 Å². The molecular formula is C28H28N4O2S. The molecule has 0 bridgehead atoms. The Morgan fingerprint density at radius 3 is 2.31 bits per heavy atom. The van der Waals surface area contributed by atoms with Crippen molar-refractivity contribution in [2.24, 2.45) is 0 Å². The van der Waals surface area contributed by atoms with Crippen molar-refractivity contribution >= 4 is 23.2 Å². The second-order valence-corrected chi connectivity index (χ2v) is 10.3. The molecule has 178 valence electrons. The van der Waals surface area contributed by atoms with Gasteiger partial charge in [-0.2, -0.15) is 5.10 Å². The highest BCUT2D eigenvalue weighted by molar-refractivity contribution is 7.13. The lowest BCUT2D eigenvalue weighted by Crippen LogP contribution is -2.63. The van der Waals surface area contributed by atoms with E-state index < -0.39 is 5.54 Å². The van der Waals surface area contributed by atoms with Crippen molar-refractivity contribution in [1.29, 1.82) is 0 Å². The SMILES string of the molecule is Cc1ccc(CNC(=O)[C@@]2(C)Cn3nc(-c4cccs4)cc3C(=O)N2Cc2ccc(C)cc2)cc1. The van der Waals surface area contributed by atoms with Gasteiger partial charge >= 0.3 is 0 Å². The third-order valence-electron chi connectivity index (χ3n) is 6.60. The van der Waals surface area contributed by atoms with E-state index in [0.29, 0.717) is 18.8 Å². The number of aromatic nitrogens is 2. The quantitative estimate of drug-likeness (QED) is 0.421. The van der Waals surface area contributed by atoms with Gasteiger partial charge in [-0.3, -0.25) is 14.3 Å². The second-order valence-electron chi connectivity index (χ2n) is 9.37. The molecule has 2 aromatic carbocycles. The van der Waals surface area contributed by atoms with Crippen molar-refractivity contribution in [3.8, 4) is 10.6 Å². The largest absolute Gasteiger partial charge is 0.350 e. The number of fused-ring (bicyclic) bond motifs is 1. The van der Waals surface area contributed by atoms with Crippen molar-refractivity contribution in [2.45, 2.75) is 45.9 Å². The molecule has 35 heavy (non-hydrogen) atoms. The van der Waals surface area contributed by atoms with Crippen LogP contribution in [-0.4, -0.2) is 32.0 Å². The summed E-state index contributed by atoms with van der Waals surface area (Å²) in [5.41, 5.74) is 4.47. The Hall–Kier alpha value is -3.71. The van der Waals surface area contributed by atoms with Crippen LogP contribution in [0.15, 0.2) is 72.1 Å². The number of benzene rings is 2. The number of amides is 2. The molecule has 3 heterocycles. The molecule has 0 unspecified atom stereocenters. The average Bonchev–Trinajstić information content (AvgIpc) is 3.52. The van der Waals surface area contributed by atoms with E-state index in [1.165, 1.54) is 5.56 Å². The van der Waals surface area contributed by atoms with Crippen LogP contribution < -0.4 is 5.32 Å². The van der Waals surface area contributed by atoms with Crippen molar-refractivity contribution in [1.82, 2.24) is 20.0 Å². The van der Waals surface area contributed by atoms with E-state index >= 15 is 0 Å². The lowest BCUT2D eigenvalue weighted by molar-refractivity contribution is -0.133. The minimum Gasteiger partial charge on any atom is -0.350 e. The highest BCUT2D eigenvalue weighted by Gasteiger charge is 2.48. The first-order valence-electron chi connectivity index (χ1n) is 11.7. The number of nitrogens with one attached hydrogen (secondary N) is 1. The van der Waals surface area contributed by atoms with Crippen LogP contribution in [0.5, 0.6) is 0 Å². The maximum Gasteiger partial charge on any atom is 0.273 e. The molecule has 2 amide bonds. The van der Waals surface area contributed by atoms with Crippen LogP contribution in [0.2, 0.25) is 0 Å². The Morgan fingerprint density at radius 1 is 1.03 bits per heavy atom. The topological polar surface area (TPSA) is 67.2 Å². The van der Waals surface area contributed by atoms with Gasteiger partial charge in [0, 0.05) is 13.1 Å². The number of thiophene rings is 1. The van der Waals surface area contributed by atoms with Gasteiger partial charge in [0.2, 0.25) is 5.91 Å². The molecule has 0 radical (unpaired) electrons. The highest BCUT2D eigenvalue weighted by atomic mass is 32.1. The zero-order chi connectivity index (χ0) is 24.6. The van der Waals surface area contributed by atoms with Crippen LogP contribution in [0.4, 0.5) is 0 Å². The van der Waals surface area contributed by atoms with Crippen molar-refractivity contribution in [3.63, 3.8) is 0 Å². The monoisotopic (exact) mass is 484 g/mol. The first-order valence-corrected chi connectivity index (χ1v) is 12.5. The summed E-state index contributed by atoms with van der Waals surface area (Å²) in [4.78, 5) is 30.1. The summed E-state index contributed by atoms with van der Waals surface area (Å²) >= 11 is 1.58. The fourth-order valence-corrected chi connectivity index (χ4v) is 5.07. The third-order valence-corrected chi connectivity index (χ3v) is 7.49. The van der Waals surface area contributed by atoms with Crippen LogP contribution in [0, 0.1) is 13.8 Å². The van der Waals surface area contributed by atoms with Gasteiger partial charge in [-0.25, -0.2) is 0 Å². The predicted molar refractivity (Wildman–Crippen MR) is 138 cm³/mol. The van der Waals surface area contributed by atoms with Gasteiger partial charge in [0.15, 0.2) is 0 Å². The molecule has 0 spiro atoms. The summed E-state index contributed by atoms with van der Waals surface area (Å²) < 4.78 is 1.69. The maximum absolute atomic E-state index is 13.8. The number of carbonyl (C=O) groups excluding carboxylic acids is 2. The van der Waals surface area contributed by atoms with Gasteiger partial charge in [0.1, 0.15) is 16.9 Å². The van der Waals surface area contributed by atoms with Gasteiger partial charge in [-0.15, -0.1) is 11.3 Å². The summed E-state index contributed by atoms with van der Waals surface area (Å²) in [6.45, 7) is 6.92. The fourth-order valence-electron chi connectivity index (χ4n) is 4.39. The summed E-state index contributed by atoms with van der Waals surface area (Å²) in [5.74, 6) is -0.391. The smallest absolute Gasteiger partial charge is 0.273 e. The summed E-state index contributed by atoms with van der Waals surface area (Å²) in [6, 6.07) is 21.9. The molecule has 0 aliphatic carbocycles. The number of aryl methyl sites for hydroxylation is 2. The summed E-state index contributed by atoms with van der Waals surface area (Å²) in [6.07, 6.45) is 0. The minimum absolute atomic E-state index is 0.194. The second kappa shape index (κ2) is 9.15. The molecule has 1 aliphatic rings. The van der Waals surface area contributed by atoms with Gasteiger partial charge in [-0.05, 0) is 49.4 Å². The third kappa shape index (κ3) is 4.51. The number of hydrogen-bond donors (Lipinski definition) is 1. The first-order chi connectivity index (χ1) is 16.8. The van der Waals surface area contributed by atoms with E-state index in [1.54, 1.807) is 20.9 Å². The molecule has 1 aliphatic heterocycles. The fraction of sp³-hybridized carbons (Fsp3) is 0.250. The standard InChI is InChI=1S/C28H28N4O2S/c1-19-6-10-21(11-7-19)16-29-27(34)28(3)18-32-24(15-23(30-32)25-5-4-14-35-25)26(33)31(28)17-22-12-8-20(2)9-13-22/h4-15H,16-18H2,1-3H3,(H,29,34)/t28-/m1/s1. The normalized spacial score (nSPS) is 17.3. The number of carbonyl (C=O) groups is 2. The minimum atomic E-state index is -1.10. The van der Waals surface area contributed by atoms with E-state index in [9.17, 15) is 9.59 Å². The summed E-state index contributed by atoms with van der Waals surface area (Å²) in [7, 11) is 0. The summed E-state index contributed by atoms with van der Waals surface area (Å²) in [5, 5.41) is 9.76. The maximum atomic E-state index is 13.8. The molecular weight excluding hydrogens is 456 g/mol. The molecule has 7 heteroatoms. The first kappa shape index (κ1) is 23.1. The molecule has 1 atom stereocenters.